The van der Waals surface area contributed by atoms with Gasteiger partial charge in [-0.1, -0.05) is 26.2 Å². The van der Waals surface area contributed by atoms with Crippen LogP contribution in [0.3, 0.4) is 0 Å². The molecule has 1 saturated carbocycles. The molecule has 0 unspecified atom stereocenters. The van der Waals surface area contributed by atoms with Gasteiger partial charge in [0.15, 0.2) is 0 Å². The lowest BCUT2D eigenvalue weighted by atomic mass is 9.91. The van der Waals surface area contributed by atoms with Crippen molar-refractivity contribution in [2.75, 3.05) is 25.4 Å². The van der Waals surface area contributed by atoms with E-state index in [1.165, 1.54) is 23.6 Å². The maximum Gasteiger partial charge on any atom is 0.214 e. The van der Waals surface area contributed by atoms with Gasteiger partial charge in [0.05, 0.1) is 5.75 Å². The first-order valence-electron chi connectivity index (χ1n) is 6.69. The van der Waals surface area contributed by atoms with Gasteiger partial charge in [-0.05, 0) is 25.2 Å². The van der Waals surface area contributed by atoms with E-state index in [0.29, 0.717) is 31.2 Å². The molecule has 1 rings (SSSR count). The summed E-state index contributed by atoms with van der Waals surface area (Å²) in [5.41, 5.74) is 0. The van der Waals surface area contributed by atoms with Crippen LogP contribution in [0.15, 0.2) is 0 Å². The third kappa shape index (κ3) is 4.94. The lowest BCUT2D eigenvalue weighted by molar-refractivity contribution is 0.270. The number of nitrogens with zero attached hydrogens (tertiary/aromatic N) is 1. The molecule has 1 N–H and O–H groups in total. The predicted octanol–water partition coefficient (Wildman–Crippen LogP) is 1.60. The highest BCUT2D eigenvalue weighted by atomic mass is 32.2. The molecule has 0 saturated heterocycles. The van der Waals surface area contributed by atoms with E-state index in [9.17, 15) is 8.42 Å². The number of hydrogen-bond donors (Lipinski definition) is 1. The second-order valence-corrected chi connectivity index (χ2v) is 6.86. The fraction of sp³-hybridized carbons (Fsp3) is 1.00. The number of aliphatic hydroxyl groups excluding tert-OH is 1. The summed E-state index contributed by atoms with van der Waals surface area (Å²) < 4.78 is 25.9. The molecular weight excluding hydrogens is 238 g/mol. The van der Waals surface area contributed by atoms with Gasteiger partial charge in [-0.25, -0.2) is 12.7 Å². The van der Waals surface area contributed by atoms with E-state index in [0.717, 1.165) is 12.8 Å². The van der Waals surface area contributed by atoms with Gasteiger partial charge in [-0.3, -0.25) is 0 Å². The molecule has 0 aromatic heterocycles. The number of rotatable bonds is 7. The fourth-order valence-corrected chi connectivity index (χ4v) is 4.44. The van der Waals surface area contributed by atoms with Gasteiger partial charge < -0.3 is 5.11 Å². The molecule has 1 fully saturated rings. The molecule has 0 amide bonds. The van der Waals surface area contributed by atoms with Crippen LogP contribution in [-0.4, -0.2) is 43.3 Å². The number of aliphatic hydroxyl groups is 1. The summed E-state index contributed by atoms with van der Waals surface area (Å²) >= 11 is 0. The monoisotopic (exact) mass is 263 g/mol. The van der Waals surface area contributed by atoms with Crippen LogP contribution in [0, 0.1) is 5.92 Å². The van der Waals surface area contributed by atoms with Crippen LogP contribution in [0.5, 0.6) is 0 Å². The zero-order chi connectivity index (χ0) is 12.7. The van der Waals surface area contributed by atoms with Crippen molar-refractivity contribution in [3.63, 3.8) is 0 Å². The van der Waals surface area contributed by atoms with Gasteiger partial charge in [-0.15, -0.1) is 0 Å². The average molecular weight is 263 g/mol. The molecule has 102 valence electrons. The normalized spacial score (nSPS) is 18.8. The molecule has 1 aliphatic carbocycles. The Morgan fingerprint density at radius 1 is 1.24 bits per heavy atom. The minimum absolute atomic E-state index is 0.0510. The summed E-state index contributed by atoms with van der Waals surface area (Å²) in [4.78, 5) is 0. The number of sulfonamides is 1. The summed E-state index contributed by atoms with van der Waals surface area (Å²) in [5.74, 6) is 0.642. The smallest absolute Gasteiger partial charge is 0.214 e. The molecule has 5 heteroatoms. The maximum atomic E-state index is 12.2. The second kappa shape index (κ2) is 7.34. The summed E-state index contributed by atoms with van der Waals surface area (Å²) in [5, 5.41) is 8.78. The SMILES string of the molecule is CCN(CCCO)S(=O)(=O)CC1CCCCC1. The highest BCUT2D eigenvalue weighted by Crippen LogP contribution is 2.25. The third-order valence-electron chi connectivity index (χ3n) is 3.48. The Hall–Kier alpha value is -0.130. The Bertz CT molecular complexity index is 297. The molecular formula is C12H25NO3S. The highest BCUT2D eigenvalue weighted by molar-refractivity contribution is 7.89. The Labute approximate surface area is 105 Å². The molecule has 0 spiro atoms. The van der Waals surface area contributed by atoms with Gasteiger partial charge in [0.2, 0.25) is 10.0 Å². The Kier molecular flexibility index (Phi) is 6.44. The summed E-state index contributed by atoms with van der Waals surface area (Å²) in [6, 6.07) is 0. The molecule has 1 aliphatic rings. The van der Waals surface area contributed by atoms with Crippen molar-refractivity contribution in [1.29, 1.82) is 0 Å². The maximum absolute atomic E-state index is 12.2. The van der Waals surface area contributed by atoms with Gasteiger partial charge in [-0.2, -0.15) is 0 Å². The average Bonchev–Trinajstić information content (AvgIpc) is 2.30. The van der Waals surface area contributed by atoms with E-state index in [1.807, 2.05) is 6.92 Å². The predicted molar refractivity (Wildman–Crippen MR) is 69.3 cm³/mol. The van der Waals surface area contributed by atoms with Crippen LogP contribution in [0.4, 0.5) is 0 Å². The molecule has 4 nitrogen and oxygen atoms in total. The number of hydrogen-bond acceptors (Lipinski definition) is 3. The highest BCUT2D eigenvalue weighted by Gasteiger charge is 2.25. The fourth-order valence-electron chi connectivity index (χ4n) is 2.50. The van der Waals surface area contributed by atoms with Crippen molar-refractivity contribution >= 4 is 10.0 Å². The zero-order valence-electron chi connectivity index (χ0n) is 10.8. The first-order valence-corrected chi connectivity index (χ1v) is 8.29. The molecule has 17 heavy (non-hydrogen) atoms. The molecule has 0 aromatic rings. The Morgan fingerprint density at radius 3 is 2.41 bits per heavy atom. The molecule has 0 aliphatic heterocycles. The first kappa shape index (κ1) is 14.9. The van der Waals surface area contributed by atoms with Gasteiger partial charge in [0, 0.05) is 19.7 Å². The van der Waals surface area contributed by atoms with Crippen molar-refractivity contribution in [2.24, 2.45) is 5.92 Å². The second-order valence-electron chi connectivity index (χ2n) is 4.85. The Balaban J connectivity index is 2.51. The third-order valence-corrected chi connectivity index (χ3v) is 5.60. The standard InChI is InChI=1S/C12H25NO3S/c1-2-13(9-6-10-14)17(15,16)11-12-7-4-3-5-8-12/h12,14H,2-11H2,1H3. The largest absolute Gasteiger partial charge is 0.396 e. The van der Waals surface area contributed by atoms with Gasteiger partial charge in [0.25, 0.3) is 0 Å². The lowest BCUT2D eigenvalue weighted by Gasteiger charge is -2.26. The van der Waals surface area contributed by atoms with Crippen molar-refractivity contribution in [2.45, 2.75) is 45.4 Å². The minimum atomic E-state index is -3.12. The van der Waals surface area contributed by atoms with Gasteiger partial charge in [0.1, 0.15) is 0 Å². The first-order chi connectivity index (χ1) is 8.10. The van der Waals surface area contributed by atoms with E-state index in [4.69, 9.17) is 5.11 Å². The summed E-state index contributed by atoms with van der Waals surface area (Å²) in [6.45, 7) is 2.86. The zero-order valence-corrected chi connectivity index (χ0v) is 11.6. The van der Waals surface area contributed by atoms with Gasteiger partial charge >= 0.3 is 0 Å². The quantitative estimate of drug-likeness (QED) is 0.759. The van der Waals surface area contributed by atoms with E-state index in [2.05, 4.69) is 0 Å². The van der Waals surface area contributed by atoms with E-state index in [-0.39, 0.29) is 6.61 Å². The topological polar surface area (TPSA) is 57.6 Å². The van der Waals surface area contributed by atoms with Crippen LogP contribution < -0.4 is 0 Å². The van der Waals surface area contributed by atoms with Crippen LogP contribution in [-0.2, 0) is 10.0 Å². The van der Waals surface area contributed by atoms with Crippen molar-refractivity contribution < 1.29 is 13.5 Å². The molecule has 0 heterocycles. The van der Waals surface area contributed by atoms with Crippen molar-refractivity contribution in [3.8, 4) is 0 Å². The van der Waals surface area contributed by atoms with Crippen LogP contribution in [0.1, 0.15) is 45.4 Å². The Morgan fingerprint density at radius 2 is 1.88 bits per heavy atom. The molecule has 0 radical (unpaired) electrons. The van der Waals surface area contributed by atoms with Crippen LogP contribution in [0.2, 0.25) is 0 Å². The minimum Gasteiger partial charge on any atom is -0.396 e. The molecule has 0 aromatic carbocycles. The van der Waals surface area contributed by atoms with Crippen LogP contribution >= 0.6 is 0 Å². The van der Waals surface area contributed by atoms with Crippen molar-refractivity contribution in [3.05, 3.63) is 0 Å². The summed E-state index contributed by atoms with van der Waals surface area (Å²) in [7, 11) is -3.12. The van der Waals surface area contributed by atoms with Crippen LogP contribution in [0.25, 0.3) is 0 Å². The van der Waals surface area contributed by atoms with E-state index < -0.39 is 10.0 Å². The van der Waals surface area contributed by atoms with Crippen molar-refractivity contribution in [1.82, 2.24) is 4.31 Å². The molecule has 0 bridgehead atoms. The molecule has 0 atom stereocenters. The lowest BCUT2D eigenvalue weighted by Crippen LogP contribution is -2.36. The van der Waals surface area contributed by atoms with E-state index >= 15 is 0 Å². The summed E-state index contributed by atoms with van der Waals surface area (Å²) in [6.07, 6.45) is 6.22. The van der Waals surface area contributed by atoms with E-state index in [1.54, 1.807) is 0 Å².